The third kappa shape index (κ3) is 45.7. The molecule has 0 aliphatic heterocycles. The first-order valence-electron chi connectivity index (χ1n) is 24.7. The molecule has 9 heteroatoms. The van der Waals surface area contributed by atoms with E-state index >= 15 is 0 Å². The minimum Gasteiger partial charge on any atom is -0.377 e. The quantitative estimate of drug-likeness (QED) is 0.0316. The zero-order valence-electron chi connectivity index (χ0n) is 39.5. The van der Waals surface area contributed by atoms with E-state index in [1.54, 1.807) is 6.92 Å². The Morgan fingerprint density at radius 1 is 0.583 bits per heavy atom. The summed E-state index contributed by atoms with van der Waals surface area (Å²) in [6, 6.07) is 0. The number of nitrogens with one attached hydrogen (secondary N) is 1. The largest absolute Gasteiger partial charge is 0.377 e. The van der Waals surface area contributed by atoms with Crippen molar-refractivity contribution in [3.8, 4) is 0 Å². The van der Waals surface area contributed by atoms with Crippen molar-refractivity contribution in [2.24, 2.45) is 0 Å². The van der Waals surface area contributed by atoms with E-state index in [4.69, 9.17) is 24.1 Å². The van der Waals surface area contributed by atoms with E-state index in [1.807, 2.05) is 11.9 Å². The Morgan fingerprint density at radius 2 is 1.02 bits per heavy atom. The van der Waals surface area contributed by atoms with E-state index in [1.165, 1.54) is 116 Å². The zero-order valence-corrected chi connectivity index (χ0v) is 39.5. The van der Waals surface area contributed by atoms with Gasteiger partial charge in [0.15, 0.2) is 12.1 Å². The Morgan fingerprint density at radius 3 is 1.50 bits per heavy atom. The van der Waals surface area contributed by atoms with Crippen molar-refractivity contribution in [2.45, 2.75) is 206 Å². The van der Waals surface area contributed by atoms with Crippen molar-refractivity contribution in [2.75, 3.05) is 66.3 Å². The highest BCUT2D eigenvalue weighted by atomic mass is 16.6. The van der Waals surface area contributed by atoms with Crippen molar-refractivity contribution in [3.63, 3.8) is 0 Å². The summed E-state index contributed by atoms with van der Waals surface area (Å²) in [5, 5.41) is 23.6. The Labute approximate surface area is 370 Å². The molecule has 9 nitrogen and oxygen atoms in total. The van der Waals surface area contributed by atoms with E-state index in [0.717, 1.165) is 44.9 Å². The van der Waals surface area contributed by atoms with Crippen LogP contribution in [0.1, 0.15) is 194 Å². The summed E-state index contributed by atoms with van der Waals surface area (Å²) >= 11 is 0. The summed E-state index contributed by atoms with van der Waals surface area (Å²) in [6.45, 7) is 10.0. The summed E-state index contributed by atoms with van der Waals surface area (Å²) < 4.78 is 22.1. The molecule has 0 aromatic heterocycles. The van der Waals surface area contributed by atoms with E-state index in [9.17, 15) is 9.90 Å². The number of aliphatic hydroxyl groups is 2. The topological polar surface area (TPSA) is 110 Å². The minimum atomic E-state index is -1.07. The molecule has 0 aliphatic rings. The molecular formula is C51H96N2O7. The maximum absolute atomic E-state index is 12.4. The molecule has 0 radical (unpaired) electrons. The lowest BCUT2D eigenvalue weighted by atomic mass is 9.98. The Kier molecular flexibility index (Phi) is 45.2. The Hall–Kier alpha value is -1.85. The molecule has 0 aromatic carbocycles. The summed E-state index contributed by atoms with van der Waals surface area (Å²) in [4.78, 5) is 14.4. The predicted molar refractivity (Wildman–Crippen MR) is 253 cm³/mol. The standard InChI is InChI=1S/C51H96N2O7/c1-5-7-9-11-13-15-17-19-21-23-25-27-29-31-33-35-38-51(56,39-36-34-32-30-28-26-24-22-20-18-16-14-12-10-8-6-2)60-42-37-41-53(4)48-50(55)52-40-43-57-44-45-58-46-47-59-49(3)54/h13-16,19-22,49,54,56H,5-12,17-18,23-48H2,1-4H3,(H,52,55)/b15-13-,16-14-,21-19-,22-20-/t49-/m0/s1. The molecule has 0 saturated carbocycles. The first-order chi connectivity index (χ1) is 29.3. The second-order valence-electron chi connectivity index (χ2n) is 16.6. The van der Waals surface area contributed by atoms with Crippen molar-refractivity contribution >= 4 is 5.91 Å². The van der Waals surface area contributed by atoms with Crippen LogP contribution in [0.25, 0.3) is 0 Å². The highest BCUT2D eigenvalue weighted by Gasteiger charge is 2.26. The van der Waals surface area contributed by atoms with Gasteiger partial charge in [0, 0.05) is 25.9 Å². The highest BCUT2D eigenvalue weighted by molar-refractivity contribution is 5.77. The molecule has 352 valence electrons. The average Bonchev–Trinajstić information content (AvgIpc) is 3.22. The van der Waals surface area contributed by atoms with Crippen LogP contribution in [0, 0.1) is 0 Å². The number of likely N-dealkylation sites (N-methyl/N-ethyl adjacent to an activating group) is 1. The van der Waals surface area contributed by atoms with Crippen LogP contribution < -0.4 is 5.32 Å². The number of amides is 1. The van der Waals surface area contributed by atoms with Crippen LogP contribution in [0.3, 0.4) is 0 Å². The van der Waals surface area contributed by atoms with Crippen LogP contribution >= 0.6 is 0 Å². The number of aliphatic hydroxyl groups excluding tert-OH is 1. The van der Waals surface area contributed by atoms with Gasteiger partial charge >= 0.3 is 0 Å². The SMILES string of the molecule is CCCCC/C=C\C/C=C\CCCCCCCCC(O)(CCCCCCCC/C=C\C/C=C\CCCCC)OCCCN(C)CC(=O)NCCOCCOCCO[C@@H](C)O. The summed E-state index contributed by atoms with van der Waals surface area (Å²) in [7, 11) is 1.94. The van der Waals surface area contributed by atoms with E-state index in [0.29, 0.717) is 72.1 Å². The number of hydrogen-bond acceptors (Lipinski definition) is 8. The van der Waals surface area contributed by atoms with Gasteiger partial charge in [0.1, 0.15) is 0 Å². The molecule has 0 aliphatic carbocycles. The van der Waals surface area contributed by atoms with Crippen LogP contribution in [0.4, 0.5) is 0 Å². The van der Waals surface area contributed by atoms with Gasteiger partial charge < -0.3 is 34.5 Å². The normalized spacial score (nSPS) is 13.1. The molecule has 1 amide bonds. The molecule has 0 rings (SSSR count). The molecule has 3 N–H and O–H groups in total. The number of carbonyl (C=O) groups is 1. The van der Waals surface area contributed by atoms with Gasteiger partial charge in [0.2, 0.25) is 5.91 Å². The Balaban J connectivity index is 4.39. The number of unbranched alkanes of at least 4 members (excludes halogenated alkanes) is 18. The van der Waals surface area contributed by atoms with Gasteiger partial charge in [-0.25, -0.2) is 0 Å². The van der Waals surface area contributed by atoms with E-state index in [-0.39, 0.29) is 5.91 Å². The lowest BCUT2D eigenvalue weighted by Crippen LogP contribution is -2.38. The van der Waals surface area contributed by atoms with Crippen LogP contribution in [0.15, 0.2) is 48.6 Å². The third-order valence-corrected chi connectivity index (χ3v) is 10.5. The van der Waals surface area contributed by atoms with Crippen LogP contribution in [-0.4, -0.2) is 99.4 Å². The number of hydrogen-bond donors (Lipinski definition) is 3. The van der Waals surface area contributed by atoms with Gasteiger partial charge in [0.25, 0.3) is 0 Å². The number of allylic oxidation sites excluding steroid dienone is 8. The molecule has 0 saturated heterocycles. The number of nitrogens with zero attached hydrogens (tertiary/aromatic N) is 1. The van der Waals surface area contributed by atoms with Crippen molar-refractivity contribution in [1.29, 1.82) is 0 Å². The number of carbonyl (C=O) groups excluding carboxylic acids is 1. The maximum Gasteiger partial charge on any atom is 0.234 e. The monoisotopic (exact) mass is 849 g/mol. The third-order valence-electron chi connectivity index (χ3n) is 10.5. The molecule has 0 aromatic rings. The fraction of sp³-hybridized carbons (Fsp3) is 0.824. The van der Waals surface area contributed by atoms with Gasteiger partial charge in [0.05, 0.1) is 46.2 Å². The van der Waals surface area contributed by atoms with E-state index in [2.05, 4.69) is 67.8 Å². The summed E-state index contributed by atoms with van der Waals surface area (Å²) in [6.07, 6.45) is 48.8. The molecular weight excluding hydrogens is 753 g/mol. The van der Waals surface area contributed by atoms with Gasteiger partial charge in [-0.1, -0.05) is 140 Å². The lowest BCUT2D eigenvalue weighted by molar-refractivity contribution is -0.214. The smallest absolute Gasteiger partial charge is 0.234 e. The lowest BCUT2D eigenvalue weighted by Gasteiger charge is -2.29. The van der Waals surface area contributed by atoms with Crippen LogP contribution in [0.5, 0.6) is 0 Å². The van der Waals surface area contributed by atoms with Gasteiger partial charge in [-0.2, -0.15) is 0 Å². The number of rotatable bonds is 47. The molecule has 0 bridgehead atoms. The van der Waals surface area contributed by atoms with Crippen molar-refractivity contribution < 1.29 is 34.0 Å². The predicted octanol–water partition coefficient (Wildman–Crippen LogP) is 11.9. The molecule has 60 heavy (non-hydrogen) atoms. The summed E-state index contributed by atoms with van der Waals surface area (Å²) in [5.74, 6) is -1.11. The molecule has 0 heterocycles. The summed E-state index contributed by atoms with van der Waals surface area (Å²) in [5.41, 5.74) is 0. The average molecular weight is 849 g/mol. The van der Waals surface area contributed by atoms with Crippen LogP contribution in [0.2, 0.25) is 0 Å². The second kappa shape index (κ2) is 46.6. The molecule has 0 spiro atoms. The molecule has 1 atom stereocenters. The first kappa shape index (κ1) is 58.1. The highest BCUT2D eigenvalue weighted by Crippen LogP contribution is 2.25. The molecule has 0 unspecified atom stereocenters. The van der Waals surface area contributed by atoms with Gasteiger partial charge in [-0.05, 0) is 97.4 Å². The first-order valence-corrected chi connectivity index (χ1v) is 24.7. The van der Waals surface area contributed by atoms with Crippen molar-refractivity contribution in [3.05, 3.63) is 48.6 Å². The van der Waals surface area contributed by atoms with E-state index < -0.39 is 12.1 Å². The van der Waals surface area contributed by atoms with Crippen LogP contribution in [-0.2, 0) is 23.7 Å². The fourth-order valence-electron chi connectivity index (χ4n) is 6.89. The van der Waals surface area contributed by atoms with Gasteiger partial charge in [-0.3, -0.25) is 9.69 Å². The Bertz CT molecular complexity index is 967. The minimum absolute atomic E-state index is 0.0418. The zero-order chi connectivity index (χ0) is 43.9. The molecule has 0 fully saturated rings. The number of ether oxygens (including phenoxy) is 4. The maximum atomic E-state index is 12.4. The van der Waals surface area contributed by atoms with Gasteiger partial charge in [-0.15, -0.1) is 0 Å². The van der Waals surface area contributed by atoms with Crippen molar-refractivity contribution in [1.82, 2.24) is 10.2 Å². The fourth-order valence-corrected chi connectivity index (χ4v) is 6.89. The second-order valence-corrected chi connectivity index (χ2v) is 16.6.